The summed E-state index contributed by atoms with van der Waals surface area (Å²) in [5, 5.41) is 23.7. The van der Waals surface area contributed by atoms with Gasteiger partial charge >= 0.3 is 5.97 Å². The lowest BCUT2D eigenvalue weighted by Gasteiger charge is -2.24. The highest BCUT2D eigenvalue weighted by atomic mass is 16.5. The van der Waals surface area contributed by atoms with Crippen LogP contribution in [0, 0.1) is 0 Å². The number of aliphatic hydroxyl groups is 2. The molecule has 0 aliphatic heterocycles. The number of esters is 1. The van der Waals surface area contributed by atoms with E-state index in [0.29, 0.717) is 19.3 Å². The average Bonchev–Trinajstić information content (AvgIpc) is 3.24. The van der Waals surface area contributed by atoms with Crippen LogP contribution in [-0.4, -0.2) is 46.9 Å². The number of ether oxygens (including phenoxy) is 1. The van der Waals surface area contributed by atoms with E-state index in [2.05, 4.69) is 38.2 Å². The minimum atomic E-state index is -0.808. The number of aliphatic hydroxyl groups excluding tert-OH is 2. The molecule has 60 heavy (non-hydrogen) atoms. The van der Waals surface area contributed by atoms with E-state index < -0.39 is 18.2 Å². The van der Waals surface area contributed by atoms with Crippen LogP contribution in [0.15, 0.2) is 72.9 Å². The van der Waals surface area contributed by atoms with Gasteiger partial charge in [0.15, 0.2) is 0 Å². The van der Waals surface area contributed by atoms with Gasteiger partial charge in [0.2, 0.25) is 5.91 Å². The molecule has 0 fully saturated rings. The van der Waals surface area contributed by atoms with E-state index in [9.17, 15) is 19.8 Å². The molecule has 3 unspecified atom stereocenters. The Bertz CT molecular complexity index is 1120. The molecule has 0 spiro atoms. The van der Waals surface area contributed by atoms with Crippen molar-refractivity contribution in [2.24, 2.45) is 0 Å². The number of allylic oxidation sites excluding steroid dienone is 12. The fourth-order valence-electron chi connectivity index (χ4n) is 7.41. The SMILES string of the molecule is CC\C=C/C=C/C=C/C=C\C=C\C=C\CCCC(CC(=O)NC(CO)C(O)CCCCCCCCCCCCCCCCC)OC(=O)CCCCCCCCCCCCC. The Morgan fingerprint density at radius 2 is 0.900 bits per heavy atom. The van der Waals surface area contributed by atoms with Gasteiger partial charge in [-0.2, -0.15) is 0 Å². The van der Waals surface area contributed by atoms with E-state index in [1.165, 1.54) is 128 Å². The van der Waals surface area contributed by atoms with E-state index in [0.717, 1.165) is 57.8 Å². The summed E-state index contributed by atoms with van der Waals surface area (Å²) in [5.74, 6) is -0.549. The first kappa shape index (κ1) is 57.3. The molecule has 0 saturated carbocycles. The molecule has 0 radical (unpaired) electrons. The molecule has 0 bridgehead atoms. The van der Waals surface area contributed by atoms with E-state index in [4.69, 9.17) is 4.74 Å². The smallest absolute Gasteiger partial charge is 0.306 e. The molecule has 3 atom stereocenters. The zero-order valence-corrected chi connectivity index (χ0v) is 39.3. The second kappa shape index (κ2) is 47.4. The molecule has 1 amide bonds. The molecule has 0 aliphatic carbocycles. The Morgan fingerprint density at radius 3 is 1.33 bits per heavy atom. The molecule has 6 heteroatoms. The van der Waals surface area contributed by atoms with E-state index >= 15 is 0 Å². The summed E-state index contributed by atoms with van der Waals surface area (Å²) < 4.78 is 5.88. The van der Waals surface area contributed by atoms with Crippen LogP contribution in [0.2, 0.25) is 0 Å². The van der Waals surface area contributed by atoms with Crippen molar-refractivity contribution in [2.45, 2.75) is 251 Å². The Balaban J connectivity index is 4.69. The maximum absolute atomic E-state index is 13.2. The fourth-order valence-corrected chi connectivity index (χ4v) is 7.41. The summed E-state index contributed by atoms with van der Waals surface area (Å²) in [7, 11) is 0. The van der Waals surface area contributed by atoms with Crippen molar-refractivity contribution < 1.29 is 24.5 Å². The monoisotopic (exact) mass is 838 g/mol. The predicted octanol–water partition coefficient (Wildman–Crippen LogP) is 15.0. The summed E-state index contributed by atoms with van der Waals surface area (Å²) >= 11 is 0. The molecule has 0 heterocycles. The Kier molecular flexibility index (Phi) is 45.2. The van der Waals surface area contributed by atoms with Gasteiger partial charge in [-0.15, -0.1) is 0 Å². The van der Waals surface area contributed by atoms with E-state index in [-0.39, 0.29) is 24.9 Å². The highest BCUT2D eigenvalue weighted by Crippen LogP contribution is 2.17. The van der Waals surface area contributed by atoms with Crippen molar-refractivity contribution in [1.82, 2.24) is 5.32 Å². The van der Waals surface area contributed by atoms with Gasteiger partial charge in [0.05, 0.1) is 25.2 Å². The van der Waals surface area contributed by atoms with E-state index in [1.54, 1.807) is 0 Å². The first-order valence-corrected chi connectivity index (χ1v) is 25.2. The molecule has 6 nitrogen and oxygen atoms in total. The van der Waals surface area contributed by atoms with Crippen LogP contribution in [0.25, 0.3) is 0 Å². The Morgan fingerprint density at radius 1 is 0.500 bits per heavy atom. The van der Waals surface area contributed by atoms with Gasteiger partial charge in [-0.25, -0.2) is 0 Å². The van der Waals surface area contributed by atoms with Crippen LogP contribution in [0.1, 0.15) is 233 Å². The number of amides is 1. The van der Waals surface area contributed by atoms with Gasteiger partial charge in [-0.05, 0) is 38.5 Å². The highest BCUT2D eigenvalue weighted by Gasteiger charge is 2.24. The third kappa shape index (κ3) is 42.0. The minimum absolute atomic E-state index is 0.0260. The third-order valence-corrected chi connectivity index (χ3v) is 11.2. The summed E-state index contributed by atoms with van der Waals surface area (Å²) in [5.41, 5.74) is 0. The molecule has 0 aromatic rings. The maximum Gasteiger partial charge on any atom is 0.306 e. The lowest BCUT2D eigenvalue weighted by atomic mass is 10.0. The second-order valence-corrected chi connectivity index (χ2v) is 17.0. The van der Waals surface area contributed by atoms with Crippen molar-refractivity contribution in [2.75, 3.05) is 6.61 Å². The van der Waals surface area contributed by atoms with Gasteiger partial charge < -0.3 is 20.3 Å². The number of unbranched alkanes of at least 4 members (excludes halogenated alkanes) is 25. The Labute approximate surface area is 371 Å². The molecule has 0 aliphatic rings. The van der Waals surface area contributed by atoms with E-state index in [1.807, 2.05) is 60.8 Å². The largest absolute Gasteiger partial charge is 0.462 e. The quantitative estimate of drug-likeness (QED) is 0.0323. The van der Waals surface area contributed by atoms with Gasteiger partial charge in [0.1, 0.15) is 6.10 Å². The topological polar surface area (TPSA) is 95.9 Å². The minimum Gasteiger partial charge on any atom is -0.462 e. The fraction of sp³-hybridized carbons (Fsp3) is 0.741. The van der Waals surface area contributed by atoms with Crippen molar-refractivity contribution in [1.29, 1.82) is 0 Å². The molecule has 0 rings (SSSR count). The number of hydrogen-bond acceptors (Lipinski definition) is 5. The summed E-state index contributed by atoms with van der Waals surface area (Å²) in [6.45, 7) is 6.31. The lowest BCUT2D eigenvalue weighted by molar-refractivity contribution is -0.151. The van der Waals surface area contributed by atoms with Gasteiger partial charge in [0.25, 0.3) is 0 Å². The van der Waals surface area contributed by atoms with Crippen LogP contribution in [-0.2, 0) is 14.3 Å². The Hall–Kier alpha value is -2.70. The summed E-state index contributed by atoms with van der Waals surface area (Å²) in [6.07, 6.45) is 59.6. The van der Waals surface area contributed by atoms with Crippen molar-refractivity contribution in [3.8, 4) is 0 Å². The number of hydrogen-bond donors (Lipinski definition) is 3. The molecular weight excluding hydrogens is 743 g/mol. The van der Waals surface area contributed by atoms with Crippen LogP contribution < -0.4 is 5.32 Å². The highest BCUT2D eigenvalue weighted by molar-refractivity contribution is 5.77. The molecule has 0 aromatic heterocycles. The van der Waals surface area contributed by atoms with Gasteiger partial charge in [-0.3, -0.25) is 9.59 Å². The normalized spacial score (nSPS) is 13.9. The summed E-state index contributed by atoms with van der Waals surface area (Å²) in [4.78, 5) is 26.1. The standard InChI is InChI=1S/C54H95NO5/c1-4-7-10-13-16-19-22-24-26-28-31-33-36-39-42-45-50(60-54(59)47-44-41-38-35-30-21-18-15-12-9-6-3)48-53(58)55-51(49-56)52(57)46-43-40-37-34-32-29-27-25-23-20-17-14-11-8-5-2/h7,10,13,16,19,22,24,26,28,31,33,36,50-52,56-57H,4-6,8-9,11-12,14-15,17-18,20-21,23,25,27,29-30,32,34-35,37-49H2,1-3H3,(H,55,58)/b10-7-,16-13+,22-19+,26-24-,31-28+,36-33+. The number of rotatable bonds is 44. The third-order valence-electron chi connectivity index (χ3n) is 11.2. The molecule has 3 N–H and O–H groups in total. The first-order chi connectivity index (χ1) is 29.5. The average molecular weight is 838 g/mol. The van der Waals surface area contributed by atoms with Crippen LogP contribution in [0.5, 0.6) is 0 Å². The van der Waals surface area contributed by atoms with Crippen LogP contribution in [0.3, 0.4) is 0 Å². The van der Waals surface area contributed by atoms with Crippen molar-refractivity contribution in [3.63, 3.8) is 0 Å². The zero-order chi connectivity index (χ0) is 43.8. The molecule has 0 aromatic carbocycles. The van der Waals surface area contributed by atoms with Gasteiger partial charge in [-0.1, -0.05) is 254 Å². The summed E-state index contributed by atoms with van der Waals surface area (Å²) in [6, 6.07) is -0.726. The maximum atomic E-state index is 13.2. The predicted molar refractivity (Wildman–Crippen MR) is 259 cm³/mol. The number of carbonyl (C=O) groups excluding carboxylic acids is 2. The molecule has 346 valence electrons. The number of carbonyl (C=O) groups is 2. The zero-order valence-electron chi connectivity index (χ0n) is 39.3. The van der Waals surface area contributed by atoms with Gasteiger partial charge in [0, 0.05) is 6.42 Å². The van der Waals surface area contributed by atoms with Crippen LogP contribution in [0.4, 0.5) is 0 Å². The van der Waals surface area contributed by atoms with Crippen LogP contribution >= 0.6 is 0 Å². The second-order valence-electron chi connectivity index (χ2n) is 17.0. The van der Waals surface area contributed by atoms with Crippen molar-refractivity contribution in [3.05, 3.63) is 72.9 Å². The first-order valence-electron chi connectivity index (χ1n) is 25.2. The number of nitrogens with one attached hydrogen (secondary N) is 1. The molecule has 0 saturated heterocycles. The molecular formula is C54H95NO5. The lowest BCUT2D eigenvalue weighted by Crippen LogP contribution is -2.46. The van der Waals surface area contributed by atoms with Crippen molar-refractivity contribution >= 4 is 11.9 Å².